The van der Waals surface area contributed by atoms with Crippen LogP contribution in [0.2, 0.25) is 0 Å². The van der Waals surface area contributed by atoms with Gasteiger partial charge in [-0.05, 0) is 42.5 Å². The molecule has 0 aliphatic carbocycles. The molecular formula is C11H19BrN2S. The average molecular weight is 291 g/mol. The predicted octanol–water partition coefficient (Wildman–Crippen LogP) is 2.94. The van der Waals surface area contributed by atoms with E-state index in [4.69, 9.17) is 0 Å². The first-order valence-corrected chi connectivity index (χ1v) is 6.90. The molecule has 1 heterocycles. The van der Waals surface area contributed by atoms with Crippen molar-refractivity contribution in [2.24, 2.45) is 0 Å². The van der Waals surface area contributed by atoms with Gasteiger partial charge >= 0.3 is 0 Å². The van der Waals surface area contributed by atoms with Crippen LogP contribution in [-0.4, -0.2) is 31.6 Å². The van der Waals surface area contributed by atoms with Crippen LogP contribution < -0.4 is 5.32 Å². The van der Waals surface area contributed by atoms with Crippen LogP contribution in [0.5, 0.6) is 0 Å². The highest BCUT2D eigenvalue weighted by Gasteiger charge is 2.07. The van der Waals surface area contributed by atoms with Crippen LogP contribution in [0.15, 0.2) is 15.9 Å². The number of likely N-dealkylation sites (N-methyl/N-ethyl adjacent to an activating group) is 1. The topological polar surface area (TPSA) is 15.3 Å². The SMILES string of the molecule is CCC(CNCc1cc(Br)cs1)N(C)C. The maximum Gasteiger partial charge on any atom is 0.0300 e. The molecule has 0 spiro atoms. The van der Waals surface area contributed by atoms with E-state index in [0.29, 0.717) is 6.04 Å². The molecule has 1 unspecified atom stereocenters. The Morgan fingerprint density at radius 3 is 2.73 bits per heavy atom. The lowest BCUT2D eigenvalue weighted by atomic mass is 10.2. The standard InChI is InChI=1S/C11H19BrN2S/c1-4-10(14(2)3)6-13-7-11-5-9(12)8-15-11/h5,8,10,13H,4,6-7H2,1-3H3. The van der Waals surface area contributed by atoms with Crippen molar-refractivity contribution < 1.29 is 0 Å². The molecule has 86 valence electrons. The molecule has 1 atom stereocenters. The Hall–Kier alpha value is 0.1000. The van der Waals surface area contributed by atoms with Gasteiger partial charge in [0, 0.05) is 33.9 Å². The molecule has 0 amide bonds. The van der Waals surface area contributed by atoms with Gasteiger partial charge in [-0.15, -0.1) is 11.3 Å². The Bertz CT molecular complexity index is 286. The van der Waals surface area contributed by atoms with Gasteiger partial charge in [-0.2, -0.15) is 0 Å². The maximum absolute atomic E-state index is 3.50. The smallest absolute Gasteiger partial charge is 0.0300 e. The first kappa shape index (κ1) is 13.2. The molecule has 4 heteroatoms. The average Bonchev–Trinajstić information content (AvgIpc) is 2.58. The summed E-state index contributed by atoms with van der Waals surface area (Å²) >= 11 is 5.26. The molecule has 2 nitrogen and oxygen atoms in total. The van der Waals surface area contributed by atoms with Crippen LogP contribution in [0.1, 0.15) is 18.2 Å². The molecule has 1 aromatic rings. The van der Waals surface area contributed by atoms with Crippen LogP contribution >= 0.6 is 27.3 Å². The van der Waals surface area contributed by atoms with Crippen LogP contribution in [-0.2, 0) is 6.54 Å². The van der Waals surface area contributed by atoms with E-state index in [9.17, 15) is 0 Å². The minimum absolute atomic E-state index is 0.633. The third-order valence-electron chi connectivity index (χ3n) is 2.50. The van der Waals surface area contributed by atoms with Gasteiger partial charge in [0.15, 0.2) is 0 Å². The van der Waals surface area contributed by atoms with Crippen molar-refractivity contribution >= 4 is 27.3 Å². The Balaban J connectivity index is 2.26. The number of nitrogens with one attached hydrogen (secondary N) is 1. The van der Waals surface area contributed by atoms with Gasteiger partial charge in [-0.3, -0.25) is 0 Å². The van der Waals surface area contributed by atoms with Crippen molar-refractivity contribution in [1.82, 2.24) is 10.2 Å². The van der Waals surface area contributed by atoms with Gasteiger partial charge in [-0.1, -0.05) is 6.92 Å². The summed E-state index contributed by atoms with van der Waals surface area (Å²) in [4.78, 5) is 3.66. The quantitative estimate of drug-likeness (QED) is 0.867. The van der Waals surface area contributed by atoms with E-state index in [2.05, 4.69) is 58.6 Å². The van der Waals surface area contributed by atoms with E-state index >= 15 is 0 Å². The Morgan fingerprint density at radius 2 is 2.27 bits per heavy atom. The van der Waals surface area contributed by atoms with Gasteiger partial charge in [0.25, 0.3) is 0 Å². The van der Waals surface area contributed by atoms with Crippen molar-refractivity contribution in [3.8, 4) is 0 Å². The van der Waals surface area contributed by atoms with E-state index in [1.54, 1.807) is 11.3 Å². The fraction of sp³-hybridized carbons (Fsp3) is 0.636. The summed E-state index contributed by atoms with van der Waals surface area (Å²) in [6.45, 7) is 4.26. The zero-order valence-electron chi connectivity index (χ0n) is 9.59. The Morgan fingerprint density at radius 1 is 1.53 bits per heavy atom. The van der Waals surface area contributed by atoms with Crippen LogP contribution in [0.25, 0.3) is 0 Å². The fourth-order valence-corrected chi connectivity index (χ4v) is 2.92. The highest BCUT2D eigenvalue weighted by Crippen LogP contribution is 2.19. The van der Waals surface area contributed by atoms with Crippen LogP contribution in [0.3, 0.4) is 0 Å². The van der Waals surface area contributed by atoms with Crippen molar-refractivity contribution in [2.45, 2.75) is 25.9 Å². The summed E-state index contributed by atoms with van der Waals surface area (Å²) in [6.07, 6.45) is 1.19. The molecule has 1 aromatic heterocycles. The minimum atomic E-state index is 0.633. The van der Waals surface area contributed by atoms with Gasteiger partial charge < -0.3 is 10.2 Å². The summed E-state index contributed by atoms with van der Waals surface area (Å²) < 4.78 is 1.18. The van der Waals surface area contributed by atoms with Crippen molar-refractivity contribution in [3.05, 3.63) is 20.8 Å². The van der Waals surface area contributed by atoms with Crippen molar-refractivity contribution in [3.63, 3.8) is 0 Å². The highest BCUT2D eigenvalue weighted by atomic mass is 79.9. The van der Waals surface area contributed by atoms with E-state index < -0.39 is 0 Å². The summed E-state index contributed by atoms with van der Waals surface area (Å²) in [5.74, 6) is 0. The van der Waals surface area contributed by atoms with E-state index in [-0.39, 0.29) is 0 Å². The zero-order valence-corrected chi connectivity index (χ0v) is 12.0. The third kappa shape index (κ3) is 4.64. The van der Waals surface area contributed by atoms with E-state index in [0.717, 1.165) is 13.1 Å². The molecule has 15 heavy (non-hydrogen) atoms. The number of thiophene rings is 1. The van der Waals surface area contributed by atoms with Gasteiger partial charge in [0.1, 0.15) is 0 Å². The number of rotatable bonds is 6. The number of nitrogens with zero attached hydrogens (tertiary/aromatic N) is 1. The molecule has 0 saturated carbocycles. The first-order chi connectivity index (χ1) is 7.13. The number of halogens is 1. The summed E-state index contributed by atoms with van der Waals surface area (Å²) in [5.41, 5.74) is 0. The lowest BCUT2D eigenvalue weighted by molar-refractivity contribution is 0.276. The predicted molar refractivity (Wildman–Crippen MR) is 71.5 cm³/mol. The highest BCUT2D eigenvalue weighted by molar-refractivity contribution is 9.10. The zero-order chi connectivity index (χ0) is 11.3. The first-order valence-electron chi connectivity index (χ1n) is 5.23. The largest absolute Gasteiger partial charge is 0.310 e. The summed E-state index contributed by atoms with van der Waals surface area (Å²) in [5, 5.41) is 5.62. The number of hydrogen-bond acceptors (Lipinski definition) is 3. The summed E-state index contributed by atoms with van der Waals surface area (Å²) in [6, 6.07) is 2.81. The Kier molecular flexibility index (Phi) is 5.82. The molecule has 0 radical (unpaired) electrons. The second-order valence-electron chi connectivity index (χ2n) is 3.89. The number of hydrogen-bond donors (Lipinski definition) is 1. The molecule has 0 aliphatic rings. The molecule has 1 rings (SSSR count). The summed E-state index contributed by atoms with van der Waals surface area (Å²) in [7, 11) is 4.27. The van der Waals surface area contributed by atoms with Gasteiger partial charge in [-0.25, -0.2) is 0 Å². The molecule has 0 aromatic carbocycles. The minimum Gasteiger partial charge on any atom is -0.310 e. The van der Waals surface area contributed by atoms with E-state index in [1.807, 2.05) is 0 Å². The second-order valence-corrected chi connectivity index (χ2v) is 5.80. The van der Waals surface area contributed by atoms with Gasteiger partial charge in [0.2, 0.25) is 0 Å². The Labute approximate surface area is 105 Å². The molecule has 0 fully saturated rings. The van der Waals surface area contributed by atoms with E-state index in [1.165, 1.54) is 15.8 Å². The maximum atomic E-state index is 3.50. The monoisotopic (exact) mass is 290 g/mol. The lowest BCUT2D eigenvalue weighted by Gasteiger charge is -2.22. The normalized spacial score (nSPS) is 13.4. The molecule has 0 bridgehead atoms. The molecule has 0 aliphatic heterocycles. The van der Waals surface area contributed by atoms with Crippen LogP contribution in [0.4, 0.5) is 0 Å². The fourth-order valence-electron chi connectivity index (χ4n) is 1.50. The molecular weight excluding hydrogens is 272 g/mol. The lowest BCUT2D eigenvalue weighted by Crippen LogP contribution is -2.36. The van der Waals surface area contributed by atoms with Crippen molar-refractivity contribution in [2.75, 3.05) is 20.6 Å². The van der Waals surface area contributed by atoms with Crippen molar-refractivity contribution in [1.29, 1.82) is 0 Å². The van der Waals surface area contributed by atoms with Gasteiger partial charge in [0.05, 0.1) is 0 Å². The third-order valence-corrected chi connectivity index (χ3v) is 4.20. The molecule has 1 N–H and O–H groups in total. The van der Waals surface area contributed by atoms with Crippen LogP contribution in [0, 0.1) is 0 Å². The second kappa shape index (κ2) is 6.63. The molecule has 0 saturated heterocycles.